The van der Waals surface area contributed by atoms with Gasteiger partial charge in [-0.3, -0.25) is 9.59 Å². The third-order valence-electron chi connectivity index (χ3n) is 5.18. The van der Waals surface area contributed by atoms with Gasteiger partial charge >= 0.3 is 0 Å². The first kappa shape index (κ1) is 17.7. The molecule has 0 radical (unpaired) electrons. The minimum atomic E-state index is -0.101. The molecule has 2 heterocycles. The molecule has 0 aromatic carbocycles. The average molecular weight is 371 g/mol. The Hall–Kier alpha value is -2.68. The molecule has 0 aliphatic heterocycles. The molecule has 0 spiro atoms. The maximum Gasteiger partial charge on any atom is 0.233 e. The minimum absolute atomic E-state index is 0.0306. The first-order valence-electron chi connectivity index (χ1n) is 9.52. The predicted octanol–water partition coefficient (Wildman–Crippen LogP) is 0.914. The van der Waals surface area contributed by atoms with Crippen molar-refractivity contribution in [3.63, 3.8) is 0 Å². The molecule has 2 fully saturated rings. The van der Waals surface area contributed by atoms with Crippen LogP contribution in [0.25, 0.3) is 5.65 Å². The van der Waals surface area contributed by atoms with Crippen molar-refractivity contribution in [1.82, 2.24) is 19.9 Å². The van der Waals surface area contributed by atoms with Gasteiger partial charge in [-0.25, -0.2) is 9.50 Å². The van der Waals surface area contributed by atoms with E-state index in [4.69, 9.17) is 5.73 Å². The third kappa shape index (κ3) is 4.02. The second-order valence-electron chi connectivity index (χ2n) is 7.36. The van der Waals surface area contributed by atoms with E-state index in [9.17, 15) is 9.59 Å². The van der Waals surface area contributed by atoms with Crippen LogP contribution >= 0.6 is 0 Å². The van der Waals surface area contributed by atoms with Gasteiger partial charge in [0.2, 0.25) is 5.91 Å². The number of amides is 1. The molecule has 0 saturated heterocycles. The Bertz CT molecular complexity index is 838. The lowest BCUT2D eigenvalue weighted by Gasteiger charge is -2.30. The molecule has 1 amide bonds. The van der Waals surface area contributed by atoms with Crippen LogP contribution in [0.1, 0.15) is 49.0 Å². The number of nitrogens with two attached hydrogens (primary N) is 1. The number of carbonyl (C=O) groups excluding carboxylic acids is 2. The van der Waals surface area contributed by atoms with E-state index < -0.39 is 0 Å². The van der Waals surface area contributed by atoms with E-state index >= 15 is 0 Å². The van der Waals surface area contributed by atoms with Crippen molar-refractivity contribution in [2.45, 2.75) is 56.7 Å². The van der Waals surface area contributed by atoms with Crippen LogP contribution in [0.5, 0.6) is 0 Å². The van der Waals surface area contributed by atoms with E-state index in [0.29, 0.717) is 17.4 Å². The van der Waals surface area contributed by atoms with E-state index in [1.165, 1.54) is 0 Å². The van der Waals surface area contributed by atoms with E-state index in [1.54, 1.807) is 10.7 Å². The molecule has 0 bridgehead atoms. The Balaban J connectivity index is 1.47. The standard InChI is InChI=1S/C18H25N7O2/c19-8-17(27)23-13-5-3-12(4-6-13)22-16-7-15(21-11-1-2-11)18-20-9-14(10-26)25(18)24-16/h7,9-13,21H,1-6,8,19H2,(H,22,24)(H,23,27). The van der Waals surface area contributed by atoms with Crippen LogP contribution in [0, 0.1) is 0 Å². The number of carbonyl (C=O) groups is 2. The molecule has 0 atom stereocenters. The summed E-state index contributed by atoms with van der Waals surface area (Å²) in [6, 6.07) is 2.91. The van der Waals surface area contributed by atoms with Crippen molar-refractivity contribution >= 4 is 29.3 Å². The van der Waals surface area contributed by atoms with Crippen LogP contribution in [0.2, 0.25) is 0 Å². The molecule has 2 aromatic rings. The number of hydrogen-bond acceptors (Lipinski definition) is 7. The fourth-order valence-electron chi connectivity index (χ4n) is 3.57. The zero-order valence-corrected chi connectivity index (χ0v) is 15.1. The highest BCUT2D eigenvalue weighted by molar-refractivity contribution is 5.79. The fourth-order valence-corrected chi connectivity index (χ4v) is 3.57. The number of nitrogens with one attached hydrogen (secondary N) is 3. The van der Waals surface area contributed by atoms with Gasteiger partial charge in [0.1, 0.15) is 11.5 Å². The maximum absolute atomic E-state index is 11.4. The molecule has 4 rings (SSSR count). The Morgan fingerprint density at radius 3 is 2.48 bits per heavy atom. The average Bonchev–Trinajstić information content (AvgIpc) is 3.39. The summed E-state index contributed by atoms with van der Waals surface area (Å²) in [5, 5.41) is 14.5. The molecule has 9 nitrogen and oxygen atoms in total. The van der Waals surface area contributed by atoms with Gasteiger partial charge in [-0.1, -0.05) is 0 Å². The van der Waals surface area contributed by atoms with E-state index in [2.05, 4.69) is 26.0 Å². The zero-order valence-electron chi connectivity index (χ0n) is 15.1. The van der Waals surface area contributed by atoms with Crippen LogP contribution in [-0.2, 0) is 4.79 Å². The summed E-state index contributed by atoms with van der Waals surface area (Å²) in [5.74, 6) is 0.622. The Labute approximate surface area is 157 Å². The van der Waals surface area contributed by atoms with Crippen molar-refractivity contribution in [3.05, 3.63) is 18.0 Å². The summed E-state index contributed by atoms with van der Waals surface area (Å²) in [7, 11) is 0. The Morgan fingerprint density at radius 1 is 1.15 bits per heavy atom. The van der Waals surface area contributed by atoms with Gasteiger partial charge in [-0.2, -0.15) is 0 Å². The number of imidazole rings is 1. The van der Waals surface area contributed by atoms with Gasteiger partial charge in [0, 0.05) is 24.2 Å². The second-order valence-corrected chi connectivity index (χ2v) is 7.36. The monoisotopic (exact) mass is 371 g/mol. The lowest BCUT2D eigenvalue weighted by Crippen LogP contribution is -2.42. The van der Waals surface area contributed by atoms with E-state index in [-0.39, 0.29) is 24.5 Å². The van der Waals surface area contributed by atoms with Crippen LogP contribution in [-0.4, -0.2) is 51.5 Å². The van der Waals surface area contributed by atoms with Crippen LogP contribution in [0.4, 0.5) is 11.5 Å². The van der Waals surface area contributed by atoms with E-state index in [0.717, 1.165) is 56.3 Å². The number of hydrogen-bond donors (Lipinski definition) is 4. The van der Waals surface area contributed by atoms with Gasteiger partial charge in [0.05, 0.1) is 18.4 Å². The molecule has 0 unspecified atom stereocenters. The number of fused-ring (bicyclic) bond motifs is 1. The highest BCUT2D eigenvalue weighted by Crippen LogP contribution is 2.29. The number of aromatic nitrogens is 3. The van der Waals surface area contributed by atoms with Gasteiger partial charge in [0.15, 0.2) is 11.9 Å². The molecule has 2 saturated carbocycles. The largest absolute Gasteiger partial charge is 0.379 e. The van der Waals surface area contributed by atoms with Crippen molar-refractivity contribution < 1.29 is 9.59 Å². The third-order valence-corrected chi connectivity index (χ3v) is 5.18. The highest BCUT2D eigenvalue weighted by atomic mass is 16.1. The molecule has 2 aromatic heterocycles. The number of anilines is 2. The molecule has 144 valence electrons. The Kier molecular flexibility index (Phi) is 4.93. The molecular weight excluding hydrogens is 346 g/mol. The van der Waals surface area contributed by atoms with Crippen molar-refractivity contribution in [1.29, 1.82) is 0 Å². The summed E-state index contributed by atoms with van der Waals surface area (Å²) in [6.07, 6.45) is 8.29. The molecule has 9 heteroatoms. The quantitative estimate of drug-likeness (QED) is 0.533. The number of nitrogens with zero attached hydrogens (tertiary/aromatic N) is 3. The molecule has 2 aliphatic rings. The first-order valence-corrected chi connectivity index (χ1v) is 9.52. The summed E-state index contributed by atoms with van der Waals surface area (Å²) in [4.78, 5) is 27.1. The highest BCUT2D eigenvalue weighted by Gasteiger charge is 2.25. The van der Waals surface area contributed by atoms with E-state index in [1.807, 2.05) is 6.07 Å². The smallest absolute Gasteiger partial charge is 0.233 e. The van der Waals surface area contributed by atoms with Crippen LogP contribution in [0.15, 0.2) is 12.3 Å². The number of aldehydes is 1. The van der Waals surface area contributed by atoms with Gasteiger partial charge in [-0.15, -0.1) is 5.10 Å². The lowest BCUT2D eigenvalue weighted by molar-refractivity contribution is -0.120. The van der Waals surface area contributed by atoms with Gasteiger partial charge < -0.3 is 21.7 Å². The summed E-state index contributed by atoms with van der Waals surface area (Å²) >= 11 is 0. The van der Waals surface area contributed by atoms with Crippen molar-refractivity contribution in [3.8, 4) is 0 Å². The maximum atomic E-state index is 11.4. The molecular formula is C18H25N7O2. The molecule has 5 N–H and O–H groups in total. The van der Waals surface area contributed by atoms with Crippen molar-refractivity contribution in [2.24, 2.45) is 5.73 Å². The van der Waals surface area contributed by atoms with Crippen LogP contribution < -0.4 is 21.7 Å². The lowest BCUT2D eigenvalue weighted by atomic mass is 9.91. The minimum Gasteiger partial charge on any atom is -0.379 e. The topological polar surface area (TPSA) is 126 Å². The first-order chi connectivity index (χ1) is 13.2. The summed E-state index contributed by atoms with van der Waals surface area (Å²) in [6.45, 7) is 0.0306. The summed E-state index contributed by atoms with van der Waals surface area (Å²) < 4.78 is 1.59. The zero-order chi connectivity index (χ0) is 18.8. The predicted molar refractivity (Wildman–Crippen MR) is 102 cm³/mol. The fraction of sp³-hybridized carbons (Fsp3) is 0.556. The van der Waals surface area contributed by atoms with Crippen molar-refractivity contribution in [2.75, 3.05) is 17.2 Å². The SMILES string of the molecule is NCC(=O)NC1CCC(Nc2cc(NC3CC3)c3ncc(C=O)n3n2)CC1. The molecule has 2 aliphatic carbocycles. The number of rotatable bonds is 7. The summed E-state index contributed by atoms with van der Waals surface area (Å²) in [5.41, 5.74) is 7.36. The molecule has 27 heavy (non-hydrogen) atoms. The second kappa shape index (κ2) is 7.51. The van der Waals surface area contributed by atoms with Gasteiger partial charge in [-0.05, 0) is 38.5 Å². The normalized spacial score (nSPS) is 22.4. The van der Waals surface area contributed by atoms with Gasteiger partial charge in [0.25, 0.3) is 0 Å². The van der Waals surface area contributed by atoms with Crippen LogP contribution in [0.3, 0.4) is 0 Å². The Morgan fingerprint density at radius 2 is 1.81 bits per heavy atom.